The molecule has 5 heteroatoms. The van der Waals surface area contributed by atoms with E-state index in [2.05, 4.69) is 31.3 Å². The van der Waals surface area contributed by atoms with E-state index in [0.29, 0.717) is 19.5 Å². The lowest BCUT2D eigenvalue weighted by Crippen LogP contribution is -2.51. The van der Waals surface area contributed by atoms with E-state index in [4.69, 9.17) is 0 Å². The van der Waals surface area contributed by atoms with Crippen LogP contribution in [0.5, 0.6) is 0 Å². The predicted molar refractivity (Wildman–Crippen MR) is 145 cm³/mol. The molecule has 2 amide bonds. The minimum Gasteiger partial charge on any atom is -0.354 e. The maximum atomic E-state index is 13.7. The van der Waals surface area contributed by atoms with Crippen molar-refractivity contribution in [2.75, 3.05) is 12.3 Å². The van der Waals surface area contributed by atoms with E-state index < -0.39 is 6.04 Å². The SMILES string of the molecule is CCCCNC(=O)[C@H](Cc1ccccc1)N(Cc1ccccc1C)C(=O)CSc1ccc(C)cc1. The van der Waals surface area contributed by atoms with Crippen LogP contribution in [0.4, 0.5) is 0 Å². The molecular formula is C30H36N2O2S. The van der Waals surface area contributed by atoms with Gasteiger partial charge in [0.05, 0.1) is 5.75 Å². The molecule has 0 saturated heterocycles. The van der Waals surface area contributed by atoms with Gasteiger partial charge in [-0.15, -0.1) is 11.8 Å². The molecule has 0 unspecified atom stereocenters. The molecule has 3 rings (SSSR count). The number of aryl methyl sites for hydroxylation is 2. The zero-order valence-corrected chi connectivity index (χ0v) is 21.8. The third kappa shape index (κ3) is 8.29. The third-order valence-electron chi connectivity index (χ3n) is 6.09. The summed E-state index contributed by atoms with van der Waals surface area (Å²) in [6.45, 7) is 7.22. The van der Waals surface area contributed by atoms with Crippen LogP contribution in [-0.2, 0) is 22.6 Å². The molecule has 0 fully saturated rings. The molecule has 1 N–H and O–H groups in total. The van der Waals surface area contributed by atoms with E-state index >= 15 is 0 Å². The van der Waals surface area contributed by atoms with Crippen molar-refractivity contribution in [3.63, 3.8) is 0 Å². The lowest BCUT2D eigenvalue weighted by atomic mass is 10.0. The van der Waals surface area contributed by atoms with Gasteiger partial charge in [-0.2, -0.15) is 0 Å². The summed E-state index contributed by atoms with van der Waals surface area (Å²) in [4.78, 5) is 30.0. The number of rotatable bonds is 12. The quantitative estimate of drug-likeness (QED) is 0.253. The normalized spacial score (nSPS) is 11.6. The number of thioether (sulfide) groups is 1. The van der Waals surface area contributed by atoms with Crippen molar-refractivity contribution in [1.29, 1.82) is 0 Å². The Balaban J connectivity index is 1.88. The Labute approximate surface area is 214 Å². The van der Waals surface area contributed by atoms with Crippen molar-refractivity contribution >= 4 is 23.6 Å². The van der Waals surface area contributed by atoms with Gasteiger partial charge in [-0.05, 0) is 49.1 Å². The summed E-state index contributed by atoms with van der Waals surface area (Å²) in [7, 11) is 0. The fourth-order valence-electron chi connectivity index (χ4n) is 3.89. The van der Waals surface area contributed by atoms with Crippen LogP contribution in [0.2, 0.25) is 0 Å². The summed E-state index contributed by atoms with van der Waals surface area (Å²) in [5, 5.41) is 3.08. The van der Waals surface area contributed by atoms with Gasteiger partial charge in [0.15, 0.2) is 0 Å². The molecule has 35 heavy (non-hydrogen) atoms. The highest BCUT2D eigenvalue weighted by molar-refractivity contribution is 8.00. The average Bonchev–Trinajstić information content (AvgIpc) is 2.87. The molecule has 184 valence electrons. The van der Waals surface area contributed by atoms with Crippen molar-refractivity contribution in [1.82, 2.24) is 10.2 Å². The minimum atomic E-state index is -0.583. The van der Waals surface area contributed by atoms with Crippen LogP contribution in [0, 0.1) is 13.8 Å². The summed E-state index contributed by atoms with van der Waals surface area (Å²) < 4.78 is 0. The Morgan fingerprint density at radius 2 is 1.60 bits per heavy atom. The second-order valence-corrected chi connectivity index (χ2v) is 9.95. The van der Waals surface area contributed by atoms with Crippen molar-refractivity contribution in [3.05, 3.63) is 101 Å². The van der Waals surface area contributed by atoms with Gasteiger partial charge in [0.2, 0.25) is 11.8 Å². The molecule has 4 nitrogen and oxygen atoms in total. The van der Waals surface area contributed by atoms with Crippen molar-refractivity contribution in [2.45, 2.75) is 57.5 Å². The number of nitrogens with zero attached hydrogens (tertiary/aromatic N) is 1. The van der Waals surface area contributed by atoms with Crippen LogP contribution in [0.15, 0.2) is 83.8 Å². The first-order valence-electron chi connectivity index (χ1n) is 12.3. The lowest BCUT2D eigenvalue weighted by molar-refractivity contribution is -0.139. The molecule has 0 aromatic heterocycles. The second kappa shape index (κ2) is 13.7. The predicted octanol–water partition coefficient (Wildman–Crippen LogP) is 5.95. The first kappa shape index (κ1) is 26.6. The van der Waals surface area contributed by atoms with E-state index in [9.17, 15) is 9.59 Å². The summed E-state index contributed by atoms with van der Waals surface area (Å²) in [6.07, 6.45) is 2.40. The van der Waals surface area contributed by atoms with Gasteiger partial charge in [0.1, 0.15) is 6.04 Å². The highest BCUT2D eigenvalue weighted by Crippen LogP contribution is 2.22. The Hall–Kier alpha value is -3.05. The third-order valence-corrected chi connectivity index (χ3v) is 7.08. The van der Waals surface area contributed by atoms with Gasteiger partial charge in [-0.25, -0.2) is 0 Å². The number of amides is 2. The maximum absolute atomic E-state index is 13.7. The zero-order chi connectivity index (χ0) is 25.0. The van der Waals surface area contributed by atoms with E-state index in [-0.39, 0.29) is 17.6 Å². The van der Waals surface area contributed by atoms with Crippen LogP contribution < -0.4 is 5.32 Å². The fraction of sp³-hybridized carbons (Fsp3) is 0.333. The first-order chi connectivity index (χ1) is 17.0. The molecule has 3 aromatic rings. The van der Waals surface area contributed by atoms with Gasteiger partial charge in [-0.1, -0.05) is 85.6 Å². The van der Waals surface area contributed by atoms with Crippen LogP contribution >= 0.6 is 11.8 Å². The van der Waals surface area contributed by atoms with Crippen LogP contribution in [0.3, 0.4) is 0 Å². The second-order valence-electron chi connectivity index (χ2n) is 8.90. The van der Waals surface area contributed by atoms with E-state index in [0.717, 1.165) is 34.4 Å². The summed E-state index contributed by atoms with van der Waals surface area (Å²) in [6, 6.07) is 25.6. The largest absolute Gasteiger partial charge is 0.354 e. The number of carbonyl (C=O) groups is 2. The molecule has 0 bridgehead atoms. The molecule has 0 heterocycles. The number of benzene rings is 3. The molecule has 0 aliphatic carbocycles. The number of hydrogen-bond acceptors (Lipinski definition) is 3. The van der Waals surface area contributed by atoms with Gasteiger partial charge >= 0.3 is 0 Å². The van der Waals surface area contributed by atoms with E-state index in [1.807, 2.05) is 73.7 Å². The smallest absolute Gasteiger partial charge is 0.243 e. The zero-order valence-electron chi connectivity index (χ0n) is 21.0. The fourth-order valence-corrected chi connectivity index (χ4v) is 4.68. The molecule has 0 aliphatic heterocycles. The standard InChI is InChI=1S/C30H36N2O2S/c1-4-5-19-31-30(34)28(20-25-12-7-6-8-13-25)32(21-26-14-10-9-11-24(26)3)29(33)22-35-27-17-15-23(2)16-18-27/h6-18,28H,4-5,19-22H2,1-3H3,(H,31,34)/t28-/m0/s1. The van der Waals surface area contributed by atoms with Gasteiger partial charge < -0.3 is 10.2 Å². The average molecular weight is 489 g/mol. The summed E-state index contributed by atoms with van der Waals surface area (Å²) in [5.74, 6) is 0.151. The lowest BCUT2D eigenvalue weighted by Gasteiger charge is -2.32. The molecule has 0 spiro atoms. The number of carbonyl (C=O) groups excluding carboxylic acids is 2. The van der Waals surface area contributed by atoms with Gasteiger partial charge in [-0.3, -0.25) is 9.59 Å². The highest BCUT2D eigenvalue weighted by atomic mass is 32.2. The highest BCUT2D eigenvalue weighted by Gasteiger charge is 2.30. The van der Waals surface area contributed by atoms with Crippen molar-refractivity contribution < 1.29 is 9.59 Å². The monoisotopic (exact) mass is 488 g/mol. The van der Waals surface area contributed by atoms with Crippen LogP contribution in [0.25, 0.3) is 0 Å². The Morgan fingerprint density at radius 1 is 0.914 bits per heavy atom. The summed E-state index contributed by atoms with van der Waals surface area (Å²) in [5.41, 5.74) is 4.40. The van der Waals surface area contributed by atoms with Crippen molar-refractivity contribution in [3.8, 4) is 0 Å². The number of nitrogens with one attached hydrogen (secondary N) is 1. The van der Waals surface area contributed by atoms with Crippen LogP contribution in [0.1, 0.15) is 42.0 Å². The number of hydrogen-bond donors (Lipinski definition) is 1. The molecule has 3 aromatic carbocycles. The molecule has 1 atom stereocenters. The molecular weight excluding hydrogens is 452 g/mol. The Bertz CT molecular complexity index is 1080. The van der Waals surface area contributed by atoms with E-state index in [1.54, 1.807) is 4.90 Å². The van der Waals surface area contributed by atoms with Gasteiger partial charge in [0, 0.05) is 24.4 Å². The topological polar surface area (TPSA) is 49.4 Å². The summed E-state index contributed by atoms with van der Waals surface area (Å²) >= 11 is 1.51. The molecule has 0 saturated carbocycles. The molecule has 0 radical (unpaired) electrons. The maximum Gasteiger partial charge on any atom is 0.243 e. The van der Waals surface area contributed by atoms with Crippen LogP contribution in [-0.4, -0.2) is 35.1 Å². The molecule has 0 aliphatic rings. The van der Waals surface area contributed by atoms with E-state index in [1.165, 1.54) is 17.3 Å². The first-order valence-corrected chi connectivity index (χ1v) is 13.3. The number of unbranched alkanes of at least 4 members (excludes halogenated alkanes) is 1. The Morgan fingerprint density at radius 3 is 2.29 bits per heavy atom. The minimum absolute atomic E-state index is 0.0367. The van der Waals surface area contributed by atoms with Crippen molar-refractivity contribution in [2.24, 2.45) is 0 Å². The van der Waals surface area contributed by atoms with Gasteiger partial charge in [0.25, 0.3) is 0 Å². The Kier molecular flexibility index (Phi) is 10.4.